The maximum absolute atomic E-state index is 13.2. The van der Waals surface area contributed by atoms with E-state index in [0.717, 1.165) is 28.3 Å². The lowest BCUT2D eigenvalue weighted by Crippen LogP contribution is -2.38. The zero-order valence-electron chi connectivity index (χ0n) is 17.0. The lowest BCUT2D eigenvalue weighted by Gasteiger charge is -2.26. The highest BCUT2D eigenvalue weighted by Gasteiger charge is 2.38. The van der Waals surface area contributed by atoms with Gasteiger partial charge in [-0.3, -0.25) is 14.6 Å². The molecule has 1 saturated heterocycles. The molecule has 1 aliphatic heterocycles. The third kappa shape index (κ3) is 3.72. The van der Waals surface area contributed by atoms with Crippen molar-refractivity contribution >= 4 is 23.1 Å². The Morgan fingerprint density at radius 1 is 1.13 bits per heavy atom. The van der Waals surface area contributed by atoms with Crippen molar-refractivity contribution < 1.29 is 14.7 Å². The molecule has 0 spiro atoms. The van der Waals surface area contributed by atoms with Gasteiger partial charge in [-0.25, -0.2) is 0 Å². The van der Waals surface area contributed by atoms with E-state index < -0.39 is 12.0 Å². The number of hydrogen-bond acceptors (Lipinski definition) is 5. The standard InChI is InChI=1S/C24H24N4O3/c29-18-8-11-28(14-18)24(31)16-12-19-21(20(30)13-16)23(26-17-4-2-1-3-5-17)22(27-19)15-6-9-25-10-7-15/h1-7,9-10,16,18,26-27,29H,8,11-14H2/t16?,18-/m1/s1. The molecule has 5 rings (SSSR count). The van der Waals surface area contributed by atoms with Crippen LogP contribution in [0.25, 0.3) is 11.3 Å². The summed E-state index contributed by atoms with van der Waals surface area (Å²) >= 11 is 0. The molecule has 7 heteroatoms. The number of nitrogens with one attached hydrogen (secondary N) is 2. The highest BCUT2D eigenvalue weighted by Crippen LogP contribution is 2.40. The van der Waals surface area contributed by atoms with Crippen LogP contribution in [0.15, 0.2) is 54.9 Å². The second kappa shape index (κ2) is 8.00. The van der Waals surface area contributed by atoms with Gasteiger partial charge in [0, 0.05) is 55.3 Å². The predicted molar refractivity (Wildman–Crippen MR) is 117 cm³/mol. The summed E-state index contributed by atoms with van der Waals surface area (Å²) in [7, 11) is 0. The Bertz CT molecular complexity index is 1110. The largest absolute Gasteiger partial charge is 0.391 e. The number of aliphatic hydroxyl groups is 1. The van der Waals surface area contributed by atoms with Crippen LogP contribution in [-0.4, -0.2) is 50.9 Å². The number of ketones is 1. The SMILES string of the molecule is O=C1CC(C(=O)N2CC[C@@H](O)C2)Cc2[nH]c(-c3ccncc3)c(Nc3ccccc3)c21. The molecule has 2 aliphatic rings. The van der Waals surface area contributed by atoms with Gasteiger partial charge in [-0.1, -0.05) is 18.2 Å². The Hall–Kier alpha value is -3.45. The van der Waals surface area contributed by atoms with Crippen LogP contribution in [0, 0.1) is 5.92 Å². The number of benzene rings is 1. The predicted octanol–water partition coefficient (Wildman–Crippen LogP) is 3.16. The van der Waals surface area contributed by atoms with Gasteiger partial charge in [0.15, 0.2) is 5.78 Å². The van der Waals surface area contributed by atoms with Gasteiger partial charge in [0.25, 0.3) is 0 Å². The molecule has 1 aromatic carbocycles. The van der Waals surface area contributed by atoms with E-state index in [1.807, 2.05) is 42.5 Å². The Balaban J connectivity index is 1.52. The molecule has 2 aromatic heterocycles. The number of carbonyl (C=O) groups is 2. The van der Waals surface area contributed by atoms with Crippen LogP contribution in [0.5, 0.6) is 0 Å². The number of carbonyl (C=O) groups excluding carboxylic acids is 2. The van der Waals surface area contributed by atoms with Crippen molar-refractivity contribution in [3.63, 3.8) is 0 Å². The van der Waals surface area contributed by atoms with Gasteiger partial charge in [-0.2, -0.15) is 0 Å². The van der Waals surface area contributed by atoms with Crippen LogP contribution in [-0.2, 0) is 11.2 Å². The molecule has 31 heavy (non-hydrogen) atoms. The van der Waals surface area contributed by atoms with E-state index in [4.69, 9.17) is 0 Å². The number of β-amino-alcohol motifs (C(OH)–C–C–N with tert-alkyl or cyclic N) is 1. The number of hydrogen-bond donors (Lipinski definition) is 3. The number of rotatable bonds is 4. The van der Waals surface area contributed by atoms with Gasteiger partial charge in [0.2, 0.25) is 5.91 Å². The van der Waals surface area contributed by atoms with Crippen molar-refractivity contribution in [1.29, 1.82) is 0 Å². The fourth-order valence-electron chi connectivity index (χ4n) is 4.56. The smallest absolute Gasteiger partial charge is 0.226 e. The number of pyridine rings is 1. The quantitative estimate of drug-likeness (QED) is 0.607. The van der Waals surface area contributed by atoms with E-state index in [1.54, 1.807) is 17.3 Å². The molecule has 3 aromatic rings. The van der Waals surface area contributed by atoms with Crippen molar-refractivity contribution in [3.05, 3.63) is 66.1 Å². The van der Waals surface area contributed by atoms with Crippen molar-refractivity contribution in [3.8, 4) is 11.3 Å². The van der Waals surface area contributed by atoms with Crippen molar-refractivity contribution in [2.45, 2.75) is 25.4 Å². The number of aliphatic hydroxyl groups excluding tert-OH is 1. The van der Waals surface area contributed by atoms with E-state index in [1.165, 1.54) is 0 Å². The van der Waals surface area contributed by atoms with E-state index in [9.17, 15) is 14.7 Å². The summed E-state index contributed by atoms with van der Waals surface area (Å²) in [5, 5.41) is 13.2. The maximum Gasteiger partial charge on any atom is 0.226 e. The summed E-state index contributed by atoms with van der Waals surface area (Å²) in [4.78, 5) is 35.4. The van der Waals surface area contributed by atoms with Crippen LogP contribution in [0.1, 0.15) is 28.9 Å². The van der Waals surface area contributed by atoms with Crippen molar-refractivity contribution in [1.82, 2.24) is 14.9 Å². The first-order valence-electron chi connectivity index (χ1n) is 10.6. The van der Waals surface area contributed by atoms with Gasteiger partial charge in [0.1, 0.15) is 0 Å². The lowest BCUT2D eigenvalue weighted by atomic mass is 9.85. The minimum absolute atomic E-state index is 0.0469. The normalized spacial score (nSPS) is 20.5. The topological polar surface area (TPSA) is 98.3 Å². The summed E-state index contributed by atoms with van der Waals surface area (Å²) in [5.74, 6) is -0.499. The molecule has 1 aliphatic carbocycles. The first kappa shape index (κ1) is 19.5. The number of amides is 1. The maximum atomic E-state index is 13.2. The molecule has 2 atom stereocenters. The van der Waals surface area contributed by atoms with E-state index >= 15 is 0 Å². The van der Waals surface area contributed by atoms with Crippen molar-refractivity contribution in [2.75, 3.05) is 18.4 Å². The first-order valence-corrected chi connectivity index (χ1v) is 10.6. The third-order valence-electron chi connectivity index (χ3n) is 6.08. The molecule has 1 amide bonds. The Kier molecular flexibility index (Phi) is 5.03. The van der Waals surface area contributed by atoms with Crippen LogP contribution < -0.4 is 5.32 Å². The fourth-order valence-corrected chi connectivity index (χ4v) is 4.56. The summed E-state index contributed by atoms with van der Waals surface area (Å²) < 4.78 is 0. The first-order chi connectivity index (χ1) is 15.1. The molecule has 3 N–H and O–H groups in total. The van der Waals surface area contributed by atoms with Crippen LogP contribution in [0.4, 0.5) is 11.4 Å². The van der Waals surface area contributed by atoms with Crippen LogP contribution in [0.2, 0.25) is 0 Å². The summed E-state index contributed by atoms with van der Waals surface area (Å²) in [6, 6.07) is 13.5. The summed E-state index contributed by atoms with van der Waals surface area (Å²) in [5.41, 5.74) is 4.76. The molecule has 0 saturated carbocycles. The van der Waals surface area contributed by atoms with Crippen LogP contribution >= 0.6 is 0 Å². The average Bonchev–Trinajstić information content (AvgIpc) is 3.38. The minimum atomic E-state index is -0.468. The second-order valence-electron chi connectivity index (χ2n) is 8.21. The van der Waals surface area contributed by atoms with Crippen LogP contribution in [0.3, 0.4) is 0 Å². The van der Waals surface area contributed by atoms with E-state index in [-0.39, 0.29) is 18.1 Å². The van der Waals surface area contributed by atoms with E-state index in [2.05, 4.69) is 15.3 Å². The van der Waals surface area contributed by atoms with Crippen molar-refractivity contribution in [2.24, 2.45) is 5.92 Å². The Morgan fingerprint density at radius 2 is 1.90 bits per heavy atom. The molecule has 158 valence electrons. The zero-order valence-corrected chi connectivity index (χ0v) is 17.0. The molecule has 7 nitrogen and oxygen atoms in total. The van der Waals surface area contributed by atoms with Gasteiger partial charge in [-0.05, 0) is 30.7 Å². The number of Topliss-reactive ketones (excluding diaryl/α,β-unsaturated/α-hetero) is 1. The Morgan fingerprint density at radius 3 is 2.61 bits per heavy atom. The number of aromatic amines is 1. The molecule has 0 radical (unpaired) electrons. The number of likely N-dealkylation sites (tertiary alicyclic amines) is 1. The average molecular weight is 416 g/mol. The summed E-state index contributed by atoms with van der Waals surface area (Å²) in [6.07, 6.45) is 4.21. The van der Waals surface area contributed by atoms with E-state index in [0.29, 0.717) is 31.5 Å². The van der Waals surface area contributed by atoms with Gasteiger partial charge < -0.3 is 20.3 Å². The second-order valence-corrected chi connectivity index (χ2v) is 8.21. The number of H-pyrrole nitrogens is 1. The highest BCUT2D eigenvalue weighted by molar-refractivity contribution is 6.09. The molecular formula is C24H24N4O3. The summed E-state index contributed by atoms with van der Waals surface area (Å²) in [6.45, 7) is 0.898. The van der Waals surface area contributed by atoms with Gasteiger partial charge >= 0.3 is 0 Å². The molecule has 1 fully saturated rings. The molecular weight excluding hydrogens is 392 g/mol. The zero-order chi connectivity index (χ0) is 21.4. The van der Waals surface area contributed by atoms with Gasteiger partial charge in [-0.15, -0.1) is 0 Å². The molecule has 3 heterocycles. The monoisotopic (exact) mass is 416 g/mol. The number of nitrogens with zero attached hydrogens (tertiary/aromatic N) is 2. The number of aromatic nitrogens is 2. The molecule has 0 bridgehead atoms. The number of anilines is 2. The minimum Gasteiger partial charge on any atom is -0.391 e. The highest BCUT2D eigenvalue weighted by atomic mass is 16.3. The third-order valence-corrected chi connectivity index (χ3v) is 6.08. The fraction of sp³-hybridized carbons (Fsp3) is 0.292. The molecule has 1 unspecified atom stereocenters. The van der Waals surface area contributed by atoms with Gasteiger partial charge in [0.05, 0.1) is 29.0 Å². The number of para-hydroxylation sites is 1. The lowest BCUT2D eigenvalue weighted by molar-refractivity contribution is -0.134. The Labute approximate surface area is 180 Å². The number of fused-ring (bicyclic) bond motifs is 1.